The van der Waals surface area contributed by atoms with Crippen LogP contribution in [0.15, 0.2) is 85.1 Å². The number of benzene rings is 4. The number of hydrogen-bond donors (Lipinski definition) is 4. The largest absolute Gasteiger partial charge is 0.453 e. The van der Waals surface area contributed by atoms with Gasteiger partial charge in [-0.3, -0.25) is 9.59 Å². The summed E-state index contributed by atoms with van der Waals surface area (Å²) in [6.45, 7) is 7.08. The molecule has 2 aromatic heterocycles. The maximum absolute atomic E-state index is 14.4. The van der Waals surface area contributed by atoms with Crippen LogP contribution in [0.4, 0.5) is 9.59 Å². The van der Waals surface area contributed by atoms with Crippen molar-refractivity contribution in [2.24, 2.45) is 11.8 Å². The molecule has 4 heterocycles. The van der Waals surface area contributed by atoms with Gasteiger partial charge in [-0.1, -0.05) is 80.4 Å². The number of ether oxygens (including phenoxy) is 3. The highest BCUT2D eigenvalue weighted by molar-refractivity contribution is 6.05. The van der Waals surface area contributed by atoms with E-state index < -0.39 is 24.3 Å². The molecule has 5 atom stereocenters. The van der Waals surface area contributed by atoms with Gasteiger partial charge in [0, 0.05) is 42.6 Å². The van der Waals surface area contributed by atoms with Crippen LogP contribution in [0.1, 0.15) is 80.9 Å². The van der Waals surface area contributed by atoms with E-state index in [0.717, 1.165) is 62.6 Å². The minimum absolute atomic E-state index is 0.0623. The molecule has 2 aliphatic rings. The van der Waals surface area contributed by atoms with Crippen LogP contribution in [0.2, 0.25) is 0 Å². The number of carbonyl (C=O) groups is 4. The number of H-pyrrole nitrogens is 2. The topological polar surface area (TPSA) is 184 Å². The molecule has 336 valence electrons. The van der Waals surface area contributed by atoms with E-state index in [1.165, 1.54) is 14.2 Å². The van der Waals surface area contributed by atoms with Crippen molar-refractivity contribution in [1.82, 2.24) is 40.4 Å². The van der Waals surface area contributed by atoms with E-state index in [2.05, 4.69) is 68.8 Å². The van der Waals surface area contributed by atoms with Crippen LogP contribution < -0.4 is 10.6 Å². The predicted molar refractivity (Wildman–Crippen MR) is 246 cm³/mol. The first kappa shape index (κ1) is 44.4. The molecule has 1 unspecified atom stereocenters. The Labute approximate surface area is 377 Å². The molecule has 65 heavy (non-hydrogen) atoms. The maximum Gasteiger partial charge on any atom is 0.407 e. The number of carbonyl (C=O) groups excluding carboxylic acids is 4. The molecule has 4 amide bonds. The van der Waals surface area contributed by atoms with Crippen LogP contribution in [0.5, 0.6) is 0 Å². The maximum atomic E-state index is 14.4. The molecular weight excluding hydrogens is 825 g/mol. The Bertz CT molecular complexity index is 2790. The summed E-state index contributed by atoms with van der Waals surface area (Å²) < 4.78 is 15.2. The molecule has 0 spiro atoms. The van der Waals surface area contributed by atoms with E-state index in [1.807, 2.05) is 63.2 Å². The minimum Gasteiger partial charge on any atom is -0.453 e. The third kappa shape index (κ3) is 9.12. The molecule has 0 radical (unpaired) electrons. The zero-order valence-corrected chi connectivity index (χ0v) is 37.4. The summed E-state index contributed by atoms with van der Waals surface area (Å²) in [4.78, 5) is 73.1. The Balaban J connectivity index is 1.06. The Hall–Kier alpha value is -7.18. The van der Waals surface area contributed by atoms with Crippen molar-refractivity contribution in [3.8, 4) is 34.2 Å². The van der Waals surface area contributed by atoms with E-state index in [4.69, 9.17) is 24.2 Å². The summed E-state index contributed by atoms with van der Waals surface area (Å²) in [5, 5.41) is 7.44. The zero-order chi connectivity index (χ0) is 45.8. The van der Waals surface area contributed by atoms with Gasteiger partial charge in [0.05, 0.1) is 55.8 Å². The second-order valence-corrected chi connectivity index (χ2v) is 16.9. The van der Waals surface area contributed by atoms with Crippen LogP contribution in [0.25, 0.3) is 44.2 Å². The number of methoxy groups -OCH3 is 3. The lowest BCUT2D eigenvalue weighted by molar-refractivity contribution is -0.136. The van der Waals surface area contributed by atoms with Gasteiger partial charge in [-0.25, -0.2) is 19.6 Å². The summed E-state index contributed by atoms with van der Waals surface area (Å²) >= 11 is 0. The summed E-state index contributed by atoms with van der Waals surface area (Å²) in [6.07, 6.45) is 2.66. The van der Waals surface area contributed by atoms with E-state index in [0.29, 0.717) is 43.3 Å². The molecule has 0 bridgehead atoms. The van der Waals surface area contributed by atoms with Crippen molar-refractivity contribution in [3.05, 3.63) is 108 Å². The molecule has 0 aliphatic carbocycles. The standard InChI is InChI=1S/C50H54N8O7/c1-7-12-32-25-35(39-26-51-45(53-39)40-15-11-22-57(40)47(59)42(29(2)3)55-49(61)64-5)17-19-36(32)33-16-20-37-34(24-33)18-21-38-44(37)54-46(52-38)41-23-30(28-63-4)27-58(41)48(60)43(56-50(62)65-6)31-13-9-8-10-14-31/h8-10,13-14,16-21,24-26,29-30,40-43H,11,15,22-23,27-28H2,1-6H3,(H,51,53)(H,52,54)(H,55,61)(H,56,62)/t30-,40-,41-,42?,43+/m0/s1. The van der Waals surface area contributed by atoms with E-state index in [-0.39, 0.29) is 35.7 Å². The molecule has 4 N–H and O–H groups in total. The number of aromatic amines is 2. The first-order valence-electron chi connectivity index (χ1n) is 21.9. The van der Waals surface area contributed by atoms with Crippen LogP contribution in [-0.2, 0) is 23.8 Å². The van der Waals surface area contributed by atoms with Crippen LogP contribution in [-0.4, -0.2) is 101 Å². The number of fused-ring (bicyclic) bond motifs is 3. The summed E-state index contributed by atoms with van der Waals surface area (Å²) in [7, 11) is 4.22. The molecular formula is C50H54N8O7. The Morgan fingerprint density at radius 3 is 2.35 bits per heavy atom. The van der Waals surface area contributed by atoms with Gasteiger partial charge < -0.3 is 44.6 Å². The molecule has 0 saturated carbocycles. The third-order valence-corrected chi connectivity index (χ3v) is 12.4. The molecule has 2 fully saturated rings. The monoisotopic (exact) mass is 878 g/mol. The zero-order valence-electron chi connectivity index (χ0n) is 37.4. The van der Waals surface area contributed by atoms with Crippen LogP contribution >= 0.6 is 0 Å². The Kier molecular flexibility index (Phi) is 13.2. The number of aromatic nitrogens is 4. The summed E-state index contributed by atoms with van der Waals surface area (Å²) in [5.74, 6) is 7.26. The Morgan fingerprint density at radius 2 is 1.62 bits per heavy atom. The fraction of sp³-hybridized carbons (Fsp3) is 0.360. The van der Waals surface area contributed by atoms with Crippen LogP contribution in [0, 0.1) is 23.7 Å². The number of rotatable bonds is 12. The van der Waals surface area contributed by atoms with Crippen molar-refractivity contribution in [1.29, 1.82) is 0 Å². The quantitative estimate of drug-likeness (QED) is 0.0891. The van der Waals surface area contributed by atoms with Gasteiger partial charge in [-0.15, -0.1) is 5.92 Å². The van der Waals surface area contributed by atoms with E-state index in [9.17, 15) is 19.2 Å². The minimum atomic E-state index is -0.952. The van der Waals surface area contributed by atoms with Gasteiger partial charge >= 0.3 is 12.2 Å². The van der Waals surface area contributed by atoms with Gasteiger partial charge in [-0.2, -0.15) is 0 Å². The van der Waals surface area contributed by atoms with E-state index >= 15 is 0 Å². The highest BCUT2D eigenvalue weighted by Gasteiger charge is 2.42. The van der Waals surface area contributed by atoms with Gasteiger partial charge in [0.25, 0.3) is 5.91 Å². The molecule has 2 saturated heterocycles. The highest BCUT2D eigenvalue weighted by atomic mass is 16.5. The summed E-state index contributed by atoms with van der Waals surface area (Å²) in [6, 6.07) is 23.4. The molecule has 8 rings (SSSR count). The Morgan fingerprint density at radius 1 is 0.846 bits per heavy atom. The number of imidazole rings is 2. The average molecular weight is 879 g/mol. The summed E-state index contributed by atoms with van der Waals surface area (Å²) in [5.41, 5.74) is 6.81. The lowest BCUT2D eigenvalue weighted by Gasteiger charge is -2.30. The number of amides is 4. The highest BCUT2D eigenvalue weighted by Crippen LogP contribution is 2.39. The fourth-order valence-electron chi connectivity index (χ4n) is 9.26. The number of nitrogens with zero attached hydrogens (tertiary/aromatic N) is 4. The third-order valence-electron chi connectivity index (χ3n) is 12.4. The number of nitrogens with one attached hydrogen (secondary N) is 4. The SMILES string of the molecule is CC#Cc1cc(-c2cnc([C@@H]3CCCN3C(=O)C(NC(=O)OC)C(C)C)[nH]2)ccc1-c1ccc2c(ccc3nc([C@@H]4C[C@H](COC)CN4C(=O)[C@H](NC(=O)OC)c4ccccc4)[nH]c32)c1. The molecule has 2 aliphatic heterocycles. The van der Waals surface area contributed by atoms with Crippen molar-refractivity contribution >= 4 is 45.8 Å². The smallest absolute Gasteiger partial charge is 0.407 e. The van der Waals surface area contributed by atoms with Gasteiger partial charge in [-0.05, 0) is 72.4 Å². The first-order chi connectivity index (χ1) is 31.5. The number of alkyl carbamates (subject to hydrolysis) is 2. The second kappa shape index (κ2) is 19.3. The van der Waals surface area contributed by atoms with Crippen molar-refractivity contribution < 1.29 is 33.4 Å². The van der Waals surface area contributed by atoms with Gasteiger partial charge in [0.1, 0.15) is 23.7 Å². The fourth-order valence-corrected chi connectivity index (χ4v) is 9.26. The number of likely N-dealkylation sites (tertiary alicyclic amines) is 2. The second-order valence-electron chi connectivity index (χ2n) is 16.9. The lowest BCUT2D eigenvalue weighted by atomic mass is 9.95. The van der Waals surface area contributed by atoms with Gasteiger partial charge in [0.15, 0.2) is 0 Å². The first-order valence-corrected chi connectivity index (χ1v) is 21.9. The molecule has 4 aromatic carbocycles. The normalized spacial score (nSPS) is 18.0. The molecule has 6 aromatic rings. The van der Waals surface area contributed by atoms with Crippen molar-refractivity contribution in [2.75, 3.05) is 41.0 Å². The van der Waals surface area contributed by atoms with Crippen molar-refractivity contribution in [2.45, 2.75) is 64.2 Å². The average Bonchev–Trinajstić information content (AvgIpc) is 4.16. The number of hydrogen-bond acceptors (Lipinski definition) is 9. The van der Waals surface area contributed by atoms with E-state index in [1.54, 1.807) is 23.1 Å². The lowest BCUT2D eigenvalue weighted by Crippen LogP contribution is -2.51. The van der Waals surface area contributed by atoms with Crippen molar-refractivity contribution in [3.63, 3.8) is 0 Å². The molecule has 15 heteroatoms. The van der Waals surface area contributed by atoms with Gasteiger partial charge in [0.2, 0.25) is 5.91 Å². The predicted octanol–water partition coefficient (Wildman–Crippen LogP) is 7.82. The van der Waals surface area contributed by atoms with Crippen LogP contribution in [0.3, 0.4) is 0 Å². The molecule has 15 nitrogen and oxygen atoms in total.